The second-order valence-electron chi connectivity index (χ2n) is 4.14. The average Bonchev–Trinajstić information content (AvgIpc) is 1.99. The molecule has 0 saturated heterocycles. The predicted octanol–water partition coefficient (Wildman–Crippen LogP) is 0.654. The molecule has 1 aromatic rings. The number of rotatable bonds is 2. The summed E-state index contributed by atoms with van der Waals surface area (Å²) in [6, 6.07) is 1.29. The van der Waals surface area contributed by atoms with Crippen LogP contribution in [0.3, 0.4) is 0 Å². The van der Waals surface area contributed by atoms with Gasteiger partial charge in [-0.1, -0.05) is 0 Å². The highest BCUT2D eigenvalue weighted by atomic mass is 16.6. The van der Waals surface area contributed by atoms with Crippen LogP contribution in [0.25, 0.3) is 0 Å². The van der Waals surface area contributed by atoms with E-state index >= 15 is 0 Å². The Balaban J connectivity index is 2.63. The summed E-state index contributed by atoms with van der Waals surface area (Å²) in [4.78, 5) is 28.6. The van der Waals surface area contributed by atoms with Gasteiger partial charge in [0.1, 0.15) is 17.8 Å². The molecule has 1 N–H and O–H groups in total. The summed E-state index contributed by atoms with van der Waals surface area (Å²) in [6.07, 6.45) is 1.34. The van der Waals surface area contributed by atoms with Gasteiger partial charge in [0.2, 0.25) is 0 Å². The van der Waals surface area contributed by atoms with Crippen molar-refractivity contribution in [2.45, 2.75) is 32.8 Å². The second kappa shape index (κ2) is 4.25. The average molecular weight is 210 g/mol. The monoisotopic (exact) mass is 210 g/mol. The minimum absolute atomic E-state index is 0.0205. The number of aromatic amines is 1. The van der Waals surface area contributed by atoms with Gasteiger partial charge in [0.15, 0.2) is 0 Å². The van der Waals surface area contributed by atoms with Crippen LogP contribution in [0.4, 0.5) is 0 Å². The quantitative estimate of drug-likeness (QED) is 0.727. The van der Waals surface area contributed by atoms with Gasteiger partial charge in [-0.15, -0.1) is 0 Å². The Bertz CT molecular complexity index is 404. The summed E-state index contributed by atoms with van der Waals surface area (Å²) in [5.41, 5.74) is -0.796. The Hall–Kier alpha value is -1.65. The molecule has 0 spiro atoms. The number of H-pyrrole nitrogens is 1. The van der Waals surface area contributed by atoms with Crippen LogP contribution < -0.4 is 5.56 Å². The number of nitrogens with one attached hydrogen (secondary N) is 1. The Morgan fingerprint density at radius 1 is 1.53 bits per heavy atom. The zero-order chi connectivity index (χ0) is 11.5. The number of carbonyl (C=O) groups is 1. The van der Waals surface area contributed by atoms with Crippen molar-refractivity contribution in [3.05, 3.63) is 28.4 Å². The van der Waals surface area contributed by atoms with E-state index < -0.39 is 11.6 Å². The van der Waals surface area contributed by atoms with Crippen LogP contribution in [-0.2, 0) is 16.0 Å². The third-order valence-electron chi connectivity index (χ3n) is 1.46. The fourth-order valence-electron chi connectivity index (χ4n) is 1.02. The zero-order valence-corrected chi connectivity index (χ0v) is 9.03. The molecule has 1 aromatic heterocycles. The first kappa shape index (κ1) is 11.4. The van der Waals surface area contributed by atoms with Crippen molar-refractivity contribution in [3.8, 4) is 0 Å². The van der Waals surface area contributed by atoms with Gasteiger partial charge < -0.3 is 9.72 Å². The lowest BCUT2D eigenvalue weighted by molar-refractivity contribution is -0.154. The van der Waals surface area contributed by atoms with Crippen LogP contribution in [0, 0.1) is 0 Å². The van der Waals surface area contributed by atoms with Crippen LogP contribution in [0.15, 0.2) is 17.1 Å². The molecule has 0 atom stereocenters. The maximum absolute atomic E-state index is 11.4. The van der Waals surface area contributed by atoms with Gasteiger partial charge in [-0.3, -0.25) is 9.59 Å². The van der Waals surface area contributed by atoms with Gasteiger partial charge >= 0.3 is 5.97 Å². The van der Waals surface area contributed by atoms with Crippen molar-refractivity contribution < 1.29 is 9.53 Å². The Morgan fingerprint density at radius 3 is 2.73 bits per heavy atom. The molecule has 5 heteroatoms. The Morgan fingerprint density at radius 2 is 2.20 bits per heavy atom. The van der Waals surface area contributed by atoms with Crippen molar-refractivity contribution >= 4 is 5.97 Å². The topological polar surface area (TPSA) is 72.0 Å². The molecule has 1 heterocycles. The van der Waals surface area contributed by atoms with Crippen LogP contribution in [-0.4, -0.2) is 21.5 Å². The standard InChI is InChI=1S/C10H14N2O3/c1-10(2,3)15-9(14)6-7-11-5-4-8(13)12-7/h4-5H,6H2,1-3H3,(H,11,12,13). The zero-order valence-electron chi connectivity index (χ0n) is 9.03. The number of hydrogen-bond donors (Lipinski definition) is 1. The molecule has 0 aliphatic rings. The van der Waals surface area contributed by atoms with E-state index in [0.717, 1.165) is 0 Å². The van der Waals surface area contributed by atoms with E-state index in [4.69, 9.17) is 4.74 Å². The highest BCUT2D eigenvalue weighted by Crippen LogP contribution is 2.07. The summed E-state index contributed by atoms with van der Waals surface area (Å²) in [7, 11) is 0. The minimum Gasteiger partial charge on any atom is -0.460 e. The van der Waals surface area contributed by atoms with E-state index in [1.54, 1.807) is 20.8 Å². The fraction of sp³-hybridized carbons (Fsp3) is 0.500. The fourth-order valence-corrected chi connectivity index (χ4v) is 1.02. The molecule has 15 heavy (non-hydrogen) atoms. The normalized spacial score (nSPS) is 11.1. The molecular weight excluding hydrogens is 196 g/mol. The summed E-state index contributed by atoms with van der Waals surface area (Å²) in [5.74, 6) is -0.0893. The summed E-state index contributed by atoms with van der Waals surface area (Å²) < 4.78 is 5.08. The summed E-state index contributed by atoms with van der Waals surface area (Å²) >= 11 is 0. The van der Waals surface area contributed by atoms with Crippen LogP contribution >= 0.6 is 0 Å². The van der Waals surface area contributed by atoms with Gasteiger partial charge in [0.05, 0.1) is 0 Å². The van der Waals surface area contributed by atoms with E-state index in [2.05, 4.69) is 9.97 Å². The molecule has 0 radical (unpaired) electrons. The molecule has 0 amide bonds. The first-order chi connectivity index (χ1) is 6.87. The molecule has 0 bridgehead atoms. The number of nitrogens with zero attached hydrogens (tertiary/aromatic N) is 1. The molecular formula is C10H14N2O3. The maximum atomic E-state index is 11.4. The minimum atomic E-state index is -0.522. The maximum Gasteiger partial charge on any atom is 0.313 e. The predicted molar refractivity (Wildman–Crippen MR) is 54.4 cm³/mol. The lowest BCUT2D eigenvalue weighted by Gasteiger charge is -2.19. The second-order valence-corrected chi connectivity index (χ2v) is 4.14. The highest BCUT2D eigenvalue weighted by molar-refractivity contribution is 5.71. The van der Waals surface area contributed by atoms with Crippen molar-refractivity contribution in [2.24, 2.45) is 0 Å². The number of hydrogen-bond acceptors (Lipinski definition) is 4. The number of ether oxygens (including phenoxy) is 1. The molecule has 0 fully saturated rings. The molecule has 0 unspecified atom stereocenters. The molecule has 5 nitrogen and oxygen atoms in total. The van der Waals surface area contributed by atoms with Crippen LogP contribution in [0.5, 0.6) is 0 Å². The number of aromatic nitrogens is 2. The first-order valence-electron chi connectivity index (χ1n) is 4.63. The molecule has 82 valence electrons. The van der Waals surface area contributed by atoms with E-state index in [-0.39, 0.29) is 12.0 Å². The molecule has 0 aliphatic heterocycles. The van der Waals surface area contributed by atoms with Crippen LogP contribution in [0.2, 0.25) is 0 Å². The van der Waals surface area contributed by atoms with E-state index in [0.29, 0.717) is 5.82 Å². The number of esters is 1. The molecule has 0 aliphatic carbocycles. The lowest BCUT2D eigenvalue weighted by Crippen LogP contribution is -2.26. The molecule has 0 saturated carbocycles. The van der Waals surface area contributed by atoms with Gasteiger partial charge in [0, 0.05) is 12.3 Å². The van der Waals surface area contributed by atoms with E-state index in [1.807, 2.05) is 0 Å². The molecule has 0 aromatic carbocycles. The smallest absolute Gasteiger partial charge is 0.313 e. The molecule has 1 rings (SSSR count). The Kier molecular flexibility index (Phi) is 3.24. The van der Waals surface area contributed by atoms with Crippen molar-refractivity contribution in [2.75, 3.05) is 0 Å². The summed E-state index contributed by atoms with van der Waals surface area (Å²) in [5, 5.41) is 0. The van der Waals surface area contributed by atoms with E-state index in [1.165, 1.54) is 12.3 Å². The number of carbonyl (C=O) groups excluding carboxylic acids is 1. The lowest BCUT2D eigenvalue weighted by atomic mass is 10.2. The van der Waals surface area contributed by atoms with Crippen molar-refractivity contribution in [1.29, 1.82) is 0 Å². The van der Waals surface area contributed by atoms with Gasteiger partial charge in [-0.2, -0.15) is 0 Å². The van der Waals surface area contributed by atoms with Crippen molar-refractivity contribution in [3.63, 3.8) is 0 Å². The highest BCUT2D eigenvalue weighted by Gasteiger charge is 2.16. The summed E-state index contributed by atoms with van der Waals surface area (Å²) in [6.45, 7) is 5.35. The van der Waals surface area contributed by atoms with Gasteiger partial charge in [-0.05, 0) is 20.8 Å². The third kappa shape index (κ3) is 4.39. The van der Waals surface area contributed by atoms with Crippen molar-refractivity contribution in [1.82, 2.24) is 9.97 Å². The first-order valence-corrected chi connectivity index (χ1v) is 4.63. The van der Waals surface area contributed by atoms with Gasteiger partial charge in [-0.25, -0.2) is 4.98 Å². The Labute approximate surface area is 87.5 Å². The van der Waals surface area contributed by atoms with Crippen LogP contribution in [0.1, 0.15) is 26.6 Å². The van der Waals surface area contributed by atoms with Gasteiger partial charge in [0.25, 0.3) is 5.56 Å². The SMILES string of the molecule is CC(C)(C)OC(=O)Cc1nccc(=O)[nH]1. The largest absolute Gasteiger partial charge is 0.460 e. The van der Waals surface area contributed by atoms with E-state index in [9.17, 15) is 9.59 Å². The third-order valence-corrected chi connectivity index (χ3v) is 1.46.